The van der Waals surface area contributed by atoms with E-state index in [1.165, 1.54) is 0 Å². The molecule has 0 unspecified atom stereocenters. The van der Waals surface area contributed by atoms with Gasteiger partial charge in [0.25, 0.3) is 5.91 Å². The maximum atomic E-state index is 12.4. The molecule has 34 heavy (non-hydrogen) atoms. The average Bonchev–Trinajstić information content (AvgIpc) is 3.42. The minimum Gasteiger partial charge on any atom is -0.484 e. The Morgan fingerprint density at radius 1 is 1.09 bits per heavy atom. The van der Waals surface area contributed by atoms with Crippen LogP contribution >= 0.6 is 0 Å². The number of H-pyrrole nitrogens is 1. The van der Waals surface area contributed by atoms with Gasteiger partial charge in [-0.25, -0.2) is 4.98 Å². The summed E-state index contributed by atoms with van der Waals surface area (Å²) in [6.45, 7) is -0.140. The number of anilines is 1. The lowest BCUT2D eigenvalue weighted by Crippen LogP contribution is -2.20. The van der Waals surface area contributed by atoms with Crippen LogP contribution in [0.5, 0.6) is 5.75 Å². The van der Waals surface area contributed by atoms with Crippen molar-refractivity contribution >= 4 is 34.4 Å². The van der Waals surface area contributed by atoms with Gasteiger partial charge in [0, 0.05) is 49.2 Å². The van der Waals surface area contributed by atoms with Gasteiger partial charge in [0.05, 0.1) is 11.9 Å². The standard InChI is InChI=1S/C24H22N6O2.C2H2/c1-25-14-22(26-2)17-4-3-5-21(9-17)32-15-24(31)30-23-10-19-8-16(20-12-28-29-13-20)6-7-18(19)11-27-23;1-2/h3-14H,15H2,1-2H3,(H,28,29)(H,27,30,31);1-2H. The average molecular weight is 453 g/mol. The molecule has 0 bridgehead atoms. The van der Waals surface area contributed by atoms with E-state index >= 15 is 0 Å². The Hall–Kier alpha value is -4.77. The van der Waals surface area contributed by atoms with E-state index in [1.807, 2.05) is 48.7 Å². The Kier molecular flexibility index (Phi) is 8.25. The van der Waals surface area contributed by atoms with Crippen LogP contribution in [-0.4, -0.2) is 53.7 Å². The van der Waals surface area contributed by atoms with Gasteiger partial charge in [-0.3, -0.25) is 19.9 Å². The molecule has 8 heteroatoms. The zero-order valence-electron chi connectivity index (χ0n) is 18.9. The first kappa shape index (κ1) is 23.9. The van der Waals surface area contributed by atoms with Crippen molar-refractivity contribution in [3.05, 3.63) is 72.7 Å². The maximum absolute atomic E-state index is 12.4. The normalized spacial score (nSPS) is 11.1. The second-order valence-electron chi connectivity index (χ2n) is 6.98. The van der Waals surface area contributed by atoms with E-state index in [1.54, 1.807) is 38.8 Å². The van der Waals surface area contributed by atoms with Crippen LogP contribution < -0.4 is 10.1 Å². The van der Waals surface area contributed by atoms with E-state index in [-0.39, 0.29) is 12.5 Å². The van der Waals surface area contributed by atoms with Crippen molar-refractivity contribution in [3.63, 3.8) is 0 Å². The molecule has 0 atom stereocenters. The summed E-state index contributed by atoms with van der Waals surface area (Å²) in [6.07, 6.45) is 15.0. The van der Waals surface area contributed by atoms with E-state index in [2.05, 4.69) is 43.3 Å². The van der Waals surface area contributed by atoms with Crippen molar-refractivity contribution in [2.24, 2.45) is 9.98 Å². The number of ether oxygens (including phenoxy) is 1. The molecule has 0 aliphatic carbocycles. The number of amides is 1. The third kappa shape index (κ3) is 5.93. The van der Waals surface area contributed by atoms with Gasteiger partial charge < -0.3 is 10.1 Å². The van der Waals surface area contributed by atoms with Gasteiger partial charge >= 0.3 is 0 Å². The van der Waals surface area contributed by atoms with Crippen molar-refractivity contribution in [1.82, 2.24) is 15.2 Å². The lowest BCUT2D eigenvalue weighted by atomic mass is 10.1. The molecule has 170 valence electrons. The summed E-state index contributed by atoms with van der Waals surface area (Å²) in [5.74, 6) is 0.732. The van der Waals surface area contributed by atoms with Gasteiger partial charge in [-0.05, 0) is 35.2 Å². The lowest BCUT2D eigenvalue weighted by molar-refractivity contribution is -0.118. The Balaban J connectivity index is 0.00000158. The molecule has 1 amide bonds. The number of aromatic amines is 1. The quantitative estimate of drug-likeness (QED) is 0.326. The number of aromatic nitrogens is 3. The summed E-state index contributed by atoms with van der Waals surface area (Å²) in [4.78, 5) is 25.0. The fourth-order valence-corrected chi connectivity index (χ4v) is 3.25. The highest BCUT2D eigenvalue weighted by Crippen LogP contribution is 2.24. The predicted octanol–water partition coefficient (Wildman–Crippen LogP) is 4.01. The van der Waals surface area contributed by atoms with Gasteiger partial charge in [-0.2, -0.15) is 5.10 Å². The first-order valence-electron chi connectivity index (χ1n) is 10.3. The summed E-state index contributed by atoms with van der Waals surface area (Å²) in [7, 11) is 3.39. The van der Waals surface area contributed by atoms with Crippen molar-refractivity contribution < 1.29 is 9.53 Å². The van der Waals surface area contributed by atoms with E-state index in [9.17, 15) is 4.79 Å². The minimum absolute atomic E-state index is 0.140. The number of benzene rings is 2. The number of nitrogens with zero attached hydrogens (tertiary/aromatic N) is 4. The van der Waals surface area contributed by atoms with Crippen LogP contribution in [0.15, 0.2) is 77.1 Å². The number of carbonyl (C=O) groups excluding carboxylic acids is 1. The molecular formula is C26H24N6O2. The van der Waals surface area contributed by atoms with Gasteiger partial charge in [0.1, 0.15) is 11.6 Å². The van der Waals surface area contributed by atoms with Crippen LogP contribution in [-0.2, 0) is 4.79 Å². The molecule has 0 fully saturated rings. The third-order valence-corrected chi connectivity index (χ3v) is 4.81. The molecule has 2 N–H and O–H groups in total. The molecule has 0 aliphatic rings. The first-order valence-corrected chi connectivity index (χ1v) is 10.3. The van der Waals surface area contributed by atoms with Crippen LogP contribution in [0.3, 0.4) is 0 Å². The number of fused-ring (bicyclic) bond motifs is 1. The van der Waals surface area contributed by atoms with E-state index in [0.717, 1.165) is 33.2 Å². The molecule has 0 saturated carbocycles. The second-order valence-corrected chi connectivity index (χ2v) is 6.98. The molecule has 0 saturated heterocycles. The van der Waals surface area contributed by atoms with Crippen LogP contribution in [0.25, 0.3) is 21.9 Å². The van der Waals surface area contributed by atoms with E-state index in [0.29, 0.717) is 11.6 Å². The maximum Gasteiger partial charge on any atom is 0.263 e. The monoisotopic (exact) mass is 452 g/mol. The second kappa shape index (κ2) is 11.7. The topological polar surface area (TPSA) is 105 Å². The van der Waals surface area contributed by atoms with Crippen molar-refractivity contribution in [2.45, 2.75) is 0 Å². The van der Waals surface area contributed by atoms with Crippen molar-refractivity contribution in [2.75, 3.05) is 26.0 Å². The van der Waals surface area contributed by atoms with Crippen LogP contribution in [0, 0.1) is 12.8 Å². The van der Waals surface area contributed by atoms with Crippen LogP contribution in [0.2, 0.25) is 0 Å². The summed E-state index contributed by atoms with van der Waals surface area (Å²) < 4.78 is 5.66. The molecule has 8 nitrogen and oxygen atoms in total. The molecular weight excluding hydrogens is 428 g/mol. The van der Waals surface area contributed by atoms with Crippen molar-refractivity contribution in [1.29, 1.82) is 0 Å². The van der Waals surface area contributed by atoms with Gasteiger partial charge in [0.15, 0.2) is 6.61 Å². The molecule has 4 rings (SSSR count). The first-order chi connectivity index (χ1) is 16.7. The van der Waals surface area contributed by atoms with Gasteiger partial charge in [-0.15, -0.1) is 12.8 Å². The van der Waals surface area contributed by atoms with Gasteiger partial charge in [-0.1, -0.05) is 24.3 Å². The summed E-state index contributed by atoms with van der Waals surface area (Å²) in [6, 6.07) is 15.2. The lowest BCUT2D eigenvalue weighted by Gasteiger charge is -2.09. The number of hydrogen-bond acceptors (Lipinski definition) is 6. The number of nitrogens with one attached hydrogen (secondary N) is 2. The van der Waals surface area contributed by atoms with E-state index < -0.39 is 0 Å². The largest absolute Gasteiger partial charge is 0.484 e. The molecule has 0 aliphatic heterocycles. The SMILES string of the molecule is C#C.CN=CC(=NC)c1cccc(OCC(=O)Nc2cc3cc(-c4cn[nH]c4)ccc3cn2)c1. The zero-order chi connectivity index (χ0) is 24.3. The third-order valence-electron chi connectivity index (χ3n) is 4.81. The number of terminal acetylenes is 1. The number of rotatable bonds is 7. The Morgan fingerprint density at radius 3 is 2.68 bits per heavy atom. The minimum atomic E-state index is -0.298. The molecule has 2 aromatic heterocycles. The van der Waals surface area contributed by atoms with Gasteiger partial charge in [0.2, 0.25) is 0 Å². The number of carbonyl (C=O) groups is 1. The number of pyridine rings is 1. The van der Waals surface area contributed by atoms with E-state index in [4.69, 9.17) is 4.74 Å². The Labute approximate surface area is 197 Å². The smallest absolute Gasteiger partial charge is 0.263 e. The van der Waals surface area contributed by atoms with Crippen LogP contribution in [0.4, 0.5) is 5.82 Å². The van der Waals surface area contributed by atoms with Crippen LogP contribution in [0.1, 0.15) is 5.56 Å². The molecule has 0 spiro atoms. The molecule has 2 heterocycles. The highest BCUT2D eigenvalue weighted by molar-refractivity contribution is 6.38. The molecule has 0 radical (unpaired) electrons. The van der Waals surface area contributed by atoms with Crippen molar-refractivity contribution in [3.8, 4) is 29.7 Å². The fraction of sp³-hybridized carbons (Fsp3) is 0.115. The Morgan fingerprint density at radius 2 is 1.94 bits per heavy atom. The number of hydrogen-bond donors (Lipinski definition) is 2. The number of aliphatic imine (C=N–C) groups is 2. The predicted molar refractivity (Wildman–Crippen MR) is 137 cm³/mol. The molecule has 2 aromatic carbocycles. The fourth-order valence-electron chi connectivity index (χ4n) is 3.25. The summed E-state index contributed by atoms with van der Waals surface area (Å²) in [5, 5.41) is 11.5. The molecule has 4 aromatic rings. The summed E-state index contributed by atoms with van der Waals surface area (Å²) in [5.41, 5.74) is 3.62. The Bertz CT molecular complexity index is 1340. The highest BCUT2D eigenvalue weighted by Gasteiger charge is 2.08. The summed E-state index contributed by atoms with van der Waals surface area (Å²) >= 11 is 0. The zero-order valence-corrected chi connectivity index (χ0v) is 18.9. The highest BCUT2D eigenvalue weighted by atomic mass is 16.5.